The van der Waals surface area contributed by atoms with E-state index in [2.05, 4.69) is 0 Å². The zero-order valence-electron chi connectivity index (χ0n) is 4.40. The van der Waals surface area contributed by atoms with Crippen molar-refractivity contribution in [2.24, 2.45) is 11.5 Å². The van der Waals surface area contributed by atoms with Gasteiger partial charge in [-0.05, 0) is 0 Å². The van der Waals surface area contributed by atoms with Gasteiger partial charge in [-0.25, -0.2) is 0 Å². The van der Waals surface area contributed by atoms with Crippen LogP contribution < -0.4 is 61.1 Å². The predicted molar refractivity (Wildman–Crippen MR) is 18.1 cm³/mol. The van der Waals surface area contributed by atoms with Gasteiger partial charge in [0.15, 0.2) is 0 Å². The molecule has 0 fully saturated rings. The maximum atomic E-state index is 4.90. The molecule has 2 nitrogen and oxygen atoms in total. The van der Waals surface area contributed by atoms with E-state index in [-0.39, 0.29) is 70.7 Å². The van der Waals surface area contributed by atoms with Crippen LogP contribution in [0.1, 0.15) is 0 Å². The van der Waals surface area contributed by atoms with E-state index >= 15 is 0 Å². The predicted octanol–water partition coefficient (Wildman–Crippen LogP) is -13.1. The van der Waals surface area contributed by atoms with Gasteiger partial charge >= 0.3 is 21.1 Å². The minimum absolute atomic E-state index is 0. The zero-order valence-corrected chi connectivity index (χ0v) is 9.69. The first-order valence-electron chi connectivity index (χ1n) is 1.32. The Morgan fingerprint density at radius 3 is 0.778 bits per heavy atom. The van der Waals surface area contributed by atoms with Gasteiger partial charge in [0, 0.05) is 13.1 Å². The Morgan fingerprint density at radius 2 is 0.778 bits per heavy atom. The van der Waals surface area contributed by atoms with Crippen molar-refractivity contribution in [3.8, 4) is 0 Å². The number of rotatable bonds is 1. The van der Waals surface area contributed by atoms with E-state index in [9.17, 15) is 0 Å². The van der Waals surface area contributed by atoms with E-state index in [1.165, 1.54) is 0 Å². The quantitative estimate of drug-likeness (QED) is 0.462. The third-order valence-corrected chi connectivity index (χ3v) is 0.167. The third kappa shape index (κ3) is 76.9. The summed E-state index contributed by atoms with van der Waals surface area (Å²) in [5.74, 6) is 0. The normalized spacial score (nSPS) is 3.33. The van der Waals surface area contributed by atoms with Gasteiger partial charge in [-0.3, -0.25) is 0 Å². The van der Waals surface area contributed by atoms with Gasteiger partial charge in [0.25, 0.3) is 0 Å². The fourth-order valence-electron chi connectivity index (χ4n) is 0. The molecular weight excluding hydrogens is 389 g/mol. The number of hydrogen-bond acceptors (Lipinski definition) is 2. The van der Waals surface area contributed by atoms with E-state index in [1.807, 2.05) is 0 Å². The summed E-state index contributed by atoms with van der Waals surface area (Å²) in [6.45, 7) is 1.19. The van der Waals surface area contributed by atoms with Crippen molar-refractivity contribution in [1.29, 1.82) is 0 Å². The average Bonchev–Trinajstić information content (AvgIpc) is 1.37. The molecule has 0 bridgehead atoms. The van der Waals surface area contributed by atoms with Gasteiger partial charge < -0.3 is 61.1 Å². The summed E-state index contributed by atoms with van der Waals surface area (Å²) in [4.78, 5) is 0. The molecule has 64 valence electrons. The molecule has 0 radical (unpaired) electrons. The molecule has 0 aromatic rings. The van der Waals surface area contributed by atoms with Gasteiger partial charge in [0.05, 0.1) is 0 Å². The van der Waals surface area contributed by atoms with Crippen molar-refractivity contribution in [1.82, 2.24) is 0 Å². The second-order valence-electron chi connectivity index (χ2n) is 0.577. The molecular formula is C2H8Cl4N2Pt. The van der Waals surface area contributed by atoms with Crippen LogP contribution in [0.25, 0.3) is 0 Å². The third-order valence-electron chi connectivity index (χ3n) is 0.167. The second kappa shape index (κ2) is 52.9. The van der Waals surface area contributed by atoms with Gasteiger partial charge in [-0.1, -0.05) is 0 Å². The molecule has 0 saturated heterocycles. The summed E-state index contributed by atoms with van der Waals surface area (Å²) >= 11 is 0. The molecule has 7 heteroatoms. The summed E-state index contributed by atoms with van der Waals surface area (Å²) in [5.41, 5.74) is 9.81. The molecule has 0 aromatic heterocycles. The SMILES string of the molecule is NCCN.[Cl-].[Cl-].[Cl-].[Cl-].[Pt+4]. The molecule has 0 aliphatic carbocycles. The van der Waals surface area contributed by atoms with Crippen LogP contribution in [0.2, 0.25) is 0 Å². The molecule has 0 spiro atoms. The summed E-state index contributed by atoms with van der Waals surface area (Å²) in [5, 5.41) is 0. The Balaban J connectivity index is -0.00000000450. The molecule has 0 heterocycles. The molecule has 0 unspecified atom stereocenters. The summed E-state index contributed by atoms with van der Waals surface area (Å²) < 4.78 is 0. The zero-order chi connectivity index (χ0) is 3.41. The van der Waals surface area contributed by atoms with Crippen molar-refractivity contribution >= 4 is 0 Å². The van der Waals surface area contributed by atoms with E-state index in [0.717, 1.165) is 0 Å². The summed E-state index contributed by atoms with van der Waals surface area (Å²) in [6, 6.07) is 0. The topological polar surface area (TPSA) is 52.0 Å². The Kier molecular flexibility index (Phi) is 266. The first-order chi connectivity index (χ1) is 1.91. The van der Waals surface area contributed by atoms with Gasteiger partial charge in [0.1, 0.15) is 0 Å². The van der Waals surface area contributed by atoms with E-state index in [4.69, 9.17) is 11.5 Å². The minimum atomic E-state index is 0. The summed E-state index contributed by atoms with van der Waals surface area (Å²) in [7, 11) is 0. The van der Waals surface area contributed by atoms with Gasteiger partial charge in [0.2, 0.25) is 0 Å². The molecule has 0 aliphatic heterocycles. The summed E-state index contributed by atoms with van der Waals surface area (Å²) in [6.07, 6.45) is 0. The van der Waals surface area contributed by atoms with Crippen LogP contribution in [0.4, 0.5) is 0 Å². The van der Waals surface area contributed by atoms with Crippen LogP contribution in [0.3, 0.4) is 0 Å². The standard InChI is InChI=1S/C2H8N2.4ClH.Pt/c3-1-2-4;;;;;/h1-4H2;4*1H;/q;;;;;+4/p-4. The van der Waals surface area contributed by atoms with Crippen molar-refractivity contribution in [3.63, 3.8) is 0 Å². The molecule has 9 heavy (non-hydrogen) atoms. The smallest absolute Gasteiger partial charge is 1.00 e. The molecule has 0 saturated carbocycles. The van der Waals surface area contributed by atoms with Crippen LogP contribution in [-0.2, 0) is 21.1 Å². The number of hydrogen-bond donors (Lipinski definition) is 2. The van der Waals surface area contributed by atoms with Crippen LogP contribution in [-0.4, -0.2) is 13.1 Å². The maximum absolute atomic E-state index is 4.90. The molecule has 4 N–H and O–H groups in total. The fraction of sp³-hybridized carbons (Fsp3) is 1.00. The number of nitrogens with two attached hydrogens (primary N) is 2. The molecule has 0 amide bonds. The van der Waals surface area contributed by atoms with E-state index in [0.29, 0.717) is 13.1 Å². The first-order valence-corrected chi connectivity index (χ1v) is 1.32. The second-order valence-corrected chi connectivity index (χ2v) is 0.577. The Morgan fingerprint density at radius 1 is 0.667 bits per heavy atom. The van der Waals surface area contributed by atoms with Crippen LogP contribution in [0.5, 0.6) is 0 Å². The van der Waals surface area contributed by atoms with Crippen LogP contribution >= 0.6 is 0 Å². The molecule has 0 aliphatic rings. The number of halogens is 4. The molecule has 0 atom stereocenters. The maximum Gasteiger partial charge on any atom is 4.00 e. The van der Waals surface area contributed by atoms with Gasteiger partial charge in [-0.15, -0.1) is 0 Å². The fourth-order valence-corrected chi connectivity index (χ4v) is 0. The largest absolute Gasteiger partial charge is 4.00 e. The van der Waals surface area contributed by atoms with E-state index < -0.39 is 0 Å². The van der Waals surface area contributed by atoms with Crippen LogP contribution in [0.15, 0.2) is 0 Å². The van der Waals surface area contributed by atoms with Crippen molar-refractivity contribution in [2.75, 3.05) is 13.1 Å². The Hall–Kier alpha value is 1.77. The van der Waals surface area contributed by atoms with Crippen molar-refractivity contribution < 1.29 is 70.7 Å². The molecule has 0 rings (SSSR count). The monoisotopic (exact) mass is 395 g/mol. The first kappa shape index (κ1) is 45.2. The Bertz CT molecular complexity index is 18.5. The van der Waals surface area contributed by atoms with E-state index in [1.54, 1.807) is 0 Å². The van der Waals surface area contributed by atoms with Gasteiger partial charge in [-0.2, -0.15) is 0 Å². The average molecular weight is 397 g/mol. The van der Waals surface area contributed by atoms with Crippen LogP contribution in [0, 0.1) is 0 Å². The van der Waals surface area contributed by atoms with Crippen molar-refractivity contribution in [3.05, 3.63) is 0 Å². The Labute approximate surface area is 94.8 Å². The molecule has 0 aromatic carbocycles. The minimum Gasteiger partial charge on any atom is -1.00 e. The van der Waals surface area contributed by atoms with Crippen molar-refractivity contribution in [2.45, 2.75) is 0 Å².